The van der Waals surface area contributed by atoms with Crippen molar-refractivity contribution in [1.29, 1.82) is 0 Å². The van der Waals surface area contributed by atoms with Gasteiger partial charge in [0.2, 0.25) is 5.91 Å². The number of thiol groups is 1. The lowest BCUT2D eigenvalue weighted by molar-refractivity contribution is -0.147. The van der Waals surface area contributed by atoms with Crippen molar-refractivity contribution in [2.24, 2.45) is 0 Å². The van der Waals surface area contributed by atoms with E-state index in [-0.39, 0.29) is 18.6 Å². The van der Waals surface area contributed by atoms with Crippen LogP contribution in [0.2, 0.25) is 0 Å². The number of rotatable bonds is 7. The fraction of sp³-hybridized carbons (Fsp3) is 0.800. The van der Waals surface area contributed by atoms with Crippen molar-refractivity contribution in [3.63, 3.8) is 0 Å². The van der Waals surface area contributed by atoms with Crippen molar-refractivity contribution in [3.8, 4) is 0 Å². The van der Waals surface area contributed by atoms with Crippen LogP contribution in [-0.4, -0.2) is 57.7 Å². The van der Waals surface area contributed by atoms with Crippen molar-refractivity contribution in [3.05, 3.63) is 0 Å². The molecule has 0 aromatic heterocycles. The second kappa shape index (κ2) is 7.65. The molecule has 17 heavy (non-hydrogen) atoms. The van der Waals surface area contributed by atoms with E-state index in [0.717, 1.165) is 0 Å². The third-order valence-electron chi connectivity index (χ3n) is 2.45. The fourth-order valence-electron chi connectivity index (χ4n) is 1.32. The Morgan fingerprint density at radius 2 is 1.88 bits per heavy atom. The van der Waals surface area contributed by atoms with Crippen molar-refractivity contribution in [2.75, 3.05) is 12.7 Å². The summed E-state index contributed by atoms with van der Waals surface area (Å²) >= 11 is 3.83. The second-order valence-electron chi connectivity index (χ2n) is 3.74. The molecule has 0 fully saturated rings. The van der Waals surface area contributed by atoms with Crippen LogP contribution in [0.4, 0.5) is 0 Å². The van der Waals surface area contributed by atoms with Gasteiger partial charge in [0.05, 0.1) is 12.0 Å². The van der Waals surface area contributed by atoms with Crippen LogP contribution in [0.5, 0.6) is 0 Å². The molecule has 0 aliphatic heterocycles. The summed E-state index contributed by atoms with van der Waals surface area (Å²) in [4.78, 5) is 23.5. The first-order chi connectivity index (χ1) is 7.82. The van der Waals surface area contributed by atoms with Gasteiger partial charge < -0.3 is 19.8 Å². The number of hydrogen-bond donors (Lipinski definition) is 3. The standard InChI is InChI=1S/C10H19NO5S/c1-6(9(14)10(15)7(2)12)11(8(3)13)4-16-5-17/h6,9-10,14-15,17H,4-5H2,1-3H3. The van der Waals surface area contributed by atoms with Gasteiger partial charge in [0.25, 0.3) is 0 Å². The average Bonchev–Trinajstić information content (AvgIpc) is 2.26. The van der Waals surface area contributed by atoms with E-state index in [1.807, 2.05) is 0 Å². The van der Waals surface area contributed by atoms with E-state index in [0.29, 0.717) is 0 Å². The summed E-state index contributed by atoms with van der Waals surface area (Å²) in [5, 5.41) is 19.2. The van der Waals surface area contributed by atoms with Gasteiger partial charge in [-0.15, -0.1) is 0 Å². The number of carbonyl (C=O) groups is 2. The first kappa shape index (κ1) is 16.4. The van der Waals surface area contributed by atoms with Gasteiger partial charge in [0.1, 0.15) is 18.9 Å². The van der Waals surface area contributed by atoms with Gasteiger partial charge in [-0.1, -0.05) is 0 Å². The monoisotopic (exact) mass is 265 g/mol. The largest absolute Gasteiger partial charge is 0.388 e. The highest BCUT2D eigenvalue weighted by Crippen LogP contribution is 2.10. The average molecular weight is 265 g/mol. The lowest BCUT2D eigenvalue weighted by Crippen LogP contribution is -2.51. The Bertz CT molecular complexity index is 273. The van der Waals surface area contributed by atoms with Crippen LogP contribution >= 0.6 is 12.6 Å². The zero-order chi connectivity index (χ0) is 13.6. The van der Waals surface area contributed by atoms with E-state index < -0.39 is 24.0 Å². The van der Waals surface area contributed by atoms with Crippen molar-refractivity contribution in [1.82, 2.24) is 4.90 Å². The summed E-state index contributed by atoms with van der Waals surface area (Å²) < 4.78 is 4.96. The first-order valence-corrected chi connectivity index (χ1v) is 5.78. The predicted octanol–water partition coefficient (Wildman–Crippen LogP) is -0.604. The van der Waals surface area contributed by atoms with E-state index in [2.05, 4.69) is 12.6 Å². The molecule has 0 aromatic carbocycles. The number of aliphatic hydroxyl groups is 2. The van der Waals surface area contributed by atoms with Crippen LogP contribution in [0.25, 0.3) is 0 Å². The third-order valence-corrected chi connectivity index (χ3v) is 2.63. The summed E-state index contributed by atoms with van der Waals surface area (Å²) in [6.45, 7) is 3.95. The predicted molar refractivity (Wildman–Crippen MR) is 64.5 cm³/mol. The number of hydrogen-bond acceptors (Lipinski definition) is 6. The number of Topliss-reactive ketones (excluding diaryl/α,β-unsaturated/α-hetero) is 1. The maximum Gasteiger partial charge on any atom is 0.221 e. The Kier molecular flexibility index (Phi) is 7.37. The molecule has 0 saturated heterocycles. The molecule has 0 bridgehead atoms. The Morgan fingerprint density at radius 1 is 1.35 bits per heavy atom. The normalized spacial score (nSPS) is 16.1. The van der Waals surface area contributed by atoms with E-state index in [4.69, 9.17) is 4.74 Å². The highest BCUT2D eigenvalue weighted by Gasteiger charge is 2.31. The van der Waals surface area contributed by atoms with Gasteiger partial charge in [-0.05, 0) is 13.8 Å². The minimum absolute atomic E-state index is 0.0539. The smallest absolute Gasteiger partial charge is 0.221 e. The zero-order valence-electron chi connectivity index (χ0n) is 10.2. The molecule has 1 amide bonds. The molecule has 3 unspecified atom stereocenters. The van der Waals surface area contributed by atoms with Crippen LogP contribution in [0.1, 0.15) is 20.8 Å². The molecule has 7 heteroatoms. The number of ketones is 1. The maximum atomic E-state index is 11.3. The SMILES string of the molecule is CC(=O)C(O)C(O)C(C)N(COCS)C(C)=O. The van der Waals surface area contributed by atoms with Gasteiger partial charge in [0, 0.05) is 6.92 Å². The van der Waals surface area contributed by atoms with Crippen molar-refractivity contribution < 1.29 is 24.5 Å². The maximum absolute atomic E-state index is 11.3. The van der Waals surface area contributed by atoms with Crippen LogP contribution < -0.4 is 0 Å². The Labute approximate surface area is 106 Å². The molecule has 0 rings (SSSR count). The molecule has 0 spiro atoms. The van der Waals surface area contributed by atoms with Crippen LogP contribution in [-0.2, 0) is 14.3 Å². The molecule has 0 saturated carbocycles. The highest BCUT2D eigenvalue weighted by atomic mass is 32.1. The minimum atomic E-state index is -1.51. The van der Waals surface area contributed by atoms with E-state index in [9.17, 15) is 19.8 Å². The molecule has 6 nitrogen and oxygen atoms in total. The summed E-state index contributed by atoms with van der Waals surface area (Å²) in [5.41, 5.74) is 0. The Balaban J connectivity index is 4.64. The topological polar surface area (TPSA) is 87.1 Å². The third kappa shape index (κ3) is 5.03. The number of ether oxygens (including phenoxy) is 1. The lowest BCUT2D eigenvalue weighted by atomic mass is 10.0. The van der Waals surface area contributed by atoms with E-state index >= 15 is 0 Å². The molecule has 0 heterocycles. The number of carbonyl (C=O) groups excluding carboxylic acids is 2. The van der Waals surface area contributed by atoms with Gasteiger partial charge in [-0.25, -0.2) is 0 Å². The fourth-order valence-corrected chi connectivity index (χ4v) is 1.40. The molecule has 0 aliphatic carbocycles. The van der Waals surface area contributed by atoms with Gasteiger partial charge in [0.15, 0.2) is 5.78 Å². The second-order valence-corrected chi connectivity index (χ2v) is 4.00. The minimum Gasteiger partial charge on any atom is -0.388 e. The Hall–Kier alpha value is -0.630. The number of nitrogens with zero attached hydrogens (tertiary/aromatic N) is 1. The van der Waals surface area contributed by atoms with Gasteiger partial charge in [-0.2, -0.15) is 12.6 Å². The summed E-state index contributed by atoms with van der Waals surface area (Å²) in [5.74, 6) is -0.751. The van der Waals surface area contributed by atoms with Crippen molar-refractivity contribution in [2.45, 2.75) is 39.0 Å². The molecule has 0 radical (unpaired) electrons. The van der Waals surface area contributed by atoms with E-state index in [1.165, 1.54) is 25.7 Å². The van der Waals surface area contributed by atoms with Crippen molar-refractivity contribution >= 4 is 24.3 Å². The van der Waals surface area contributed by atoms with E-state index in [1.54, 1.807) is 0 Å². The molecule has 2 N–H and O–H groups in total. The highest BCUT2D eigenvalue weighted by molar-refractivity contribution is 7.80. The van der Waals surface area contributed by atoms with Gasteiger partial charge >= 0.3 is 0 Å². The summed E-state index contributed by atoms with van der Waals surface area (Å²) in [6.07, 6.45) is -2.86. The molecule has 3 atom stereocenters. The number of amides is 1. The Morgan fingerprint density at radius 3 is 2.24 bits per heavy atom. The lowest BCUT2D eigenvalue weighted by Gasteiger charge is -2.32. The molecular weight excluding hydrogens is 246 g/mol. The van der Waals surface area contributed by atoms with Crippen LogP contribution in [0.15, 0.2) is 0 Å². The first-order valence-electron chi connectivity index (χ1n) is 5.15. The molecule has 0 aliphatic rings. The summed E-state index contributed by atoms with van der Waals surface area (Å²) in [6, 6.07) is -0.730. The zero-order valence-corrected chi connectivity index (χ0v) is 11.1. The quantitative estimate of drug-likeness (QED) is 0.422. The molecule has 100 valence electrons. The molecular formula is C10H19NO5S. The number of aliphatic hydroxyl groups excluding tert-OH is 2. The van der Waals surface area contributed by atoms with Gasteiger partial charge in [-0.3, -0.25) is 9.59 Å². The summed E-state index contributed by atoms with van der Waals surface area (Å²) in [7, 11) is 0. The molecule has 0 aromatic rings. The van der Waals surface area contributed by atoms with Crippen LogP contribution in [0, 0.1) is 0 Å². The van der Waals surface area contributed by atoms with Crippen LogP contribution in [0.3, 0.4) is 0 Å².